The molecule has 0 saturated carbocycles. The summed E-state index contributed by atoms with van der Waals surface area (Å²) in [5.74, 6) is 0.720. The SMILES string of the molecule is COc1cc(O)c2c[c]oc2c1. The van der Waals surface area contributed by atoms with Gasteiger partial charge in [0.25, 0.3) is 0 Å². The Hall–Kier alpha value is -1.64. The molecule has 12 heavy (non-hydrogen) atoms. The topological polar surface area (TPSA) is 42.6 Å². The van der Waals surface area contributed by atoms with Crippen molar-refractivity contribution in [3.63, 3.8) is 0 Å². The summed E-state index contributed by atoms with van der Waals surface area (Å²) in [7, 11) is 1.53. The summed E-state index contributed by atoms with van der Waals surface area (Å²) in [6.07, 6.45) is 2.54. The number of phenols is 1. The van der Waals surface area contributed by atoms with E-state index in [9.17, 15) is 5.11 Å². The van der Waals surface area contributed by atoms with Crippen molar-refractivity contribution in [1.82, 2.24) is 0 Å². The second-order valence-electron chi connectivity index (χ2n) is 2.42. The molecule has 2 aromatic rings. The first-order valence-electron chi connectivity index (χ1n) is 3.48. The summed E-state index contributed by atoms with van der Waals surface area (Å²) in [5, 5.41) is 10.1. The van der Waals surface area contributed by atoms with E-state index in [0.717, 1.165) is 0 Å². The van der Waals surface area contributed by atoms with Gasteiger partial charge in [-0.25, -0.2) is 0 Å². The van der Waals surface area contributed by atoms with Gasteiger partial charge in [-0.05, 0) is 6.07 Å². The molecule has 61 valence electrons. The van der Waals surface area contributed by atoms with Crippen LogP contribution in [0.15, 0.2) is 22.6 Å². The van der Waals surface area contributed by atoms with E-state index < -0.39 is 0 Å². The lowest BCUT2D eigenvalue weighted by Crippen LogP contribution is -1.81. The van der Waals surface area contributed by atoms with Crippen LogP contribution in [0.4, 0.5) is 0 Å². The van der Waals surface area contributed by atoms with E-state index in [-0.39, 0.29) is 5.75 Å². The molecule has 0 bridgehead atoms. The summed E-state index contributed by atoms with van der Waals surface area (Å²) in [6.45, 7) is 0. The predicted octanol–water partition coefficient (Wildman–Crippen LogP) is 1.95. The van der Waals surface area contributed by atoms with Gasteiger partial charge >= 0.3 is 0 Å². The summed E-state index contributed by atoms with van der Waals surface area (Å²) in [5.41, 5.74) is 0.576. The fourth-order valence-corrected chi connectivity index (χ4v) is 1.09. The lowest BCUT2D eigenvalue weighted by atomic mass is 10.2. The first kappa shape index (κ1) is 7.03. The third-order valence-electron chi connectivity index (χ3n) is 1.70. The Morgan fingerprint density at radius 2 is 2.33 bits per heavy atom. The van der Waals surface area contributed by atoms with Crippen molar-refractivity contribution in [2.75, 3.05) is 7.11 Å². The molecule has 0 aliphatic heterocycles. The molecule has 0 aliphatic rings. The van der Waals surface area contributed by atoms with Crippen LogP contribution in [-0.2, 0) is 0 Å². The van der Waals surface area contributed by atoms with Gasteiger partial charge in [-0.1, -0.05) is 0 Å². The standard InChI is InChI=1S/C9H7O3/c1-11-6-4-8(10)7-2-3-12-9(7)5-6/h2,4-5,10H,1H3. The van der Waals surface area contributed by atoms with Crippen LogP contribution in [0.1, 0.15) is 0 Å². The number of ether oxygens (including phenoxy) is 1. The normalized spacial score (nSPS) is 10.4. The molecule has 0 amide bonds. The van der Waals surface area contributed by atoms with Crippen molar-refractivity contribution in [2.24, 2.45) is 0 Å². The van der Waals surface area contributed by atoms with E-state index in [4.69, 9.17) is 9.15 Å². The molecule has 1 aromatic heterocycles. The second-order valence-corrected chi connectivity index (χ2v) is 2.42. The van der Waals surface area contributed by atoms with Gasteiger partial charge in [-0.2, -0.15) is 0 Å². The first-order chi connectivity index (χ1) is 5.81. The molecule has 2 rings (SSSR count). The molecule has 3 nitrogen and oxygen atoms in total. The van der Waals surface area contributed by atoms with Crippen LogP contribution in [-0.4, -0.2) is 12.2 Å². The van der Waals surface area contributed by atoms with E-state index in [1.807, 2.05) is 0 Å². The van der Waals surface area contributed by atoms with E-state index in [0.29, 0.717) is 16.7 Å². The van der Waals surface area contributed by atoms with Gasteiger partial charge in [0.1, 0.15) is 17.1 Å². The Kier molecular flexibility index (Phi) is 1.43. The summed E-state index contributed by atoms with van der Waals surface area (Å²) < 4.78 is 9.91. The van der Waals surface area contributed by atoms with Gasteiger partial charge < -0.3 is 14.3 Å². The summed E-state index contributed by atoms with van der Waals surface area (Å²) in [6, 6.07) is 4.82. The molecule has 0 spiro atoms. The number of hydrogen-bond donors (Lipinski definition) is 1. The zero-order chi connectivity index (χ0) is 8.55. The van der Waals surface area contributed by atoms with Gasteiger partial charge in [-0.3, -0.25) is 0 Å². The number of methoxy groups -OCH3 is 1. The molecule has 0 unspecified atom stereocenters. The molecule has 0 saturated heterocycles. The third-order valence-corrected chi connectivity index (χ3v) is 1.70. The van der Waals surface area contributed by atoms with Crippen molar-refractivity contribution in [1.29, 1.82) is 0 Å². The molecule has 0 aliphatic carbocycles. The number of benzene rings is 1. The quantitative estimate of drug-likeness (QED) is 0.698. The lowest BCUT2D eigenvalue weighted by molar-refractivity contribution is 0.408. The number of rotatable bonds is 1. The van der Waals surface area contributed by atoms with Crippen molar-refractivity contribution < 1.29 is 14.3 Å². The number of fused-ring (bicyclic) bond motifs is 1. The Balaban J connectivity index is 2.75. The van der Waals surface area contributed by atoms with Crippen LogP contribution >= 0.6 is 0 Å². The van der Waals surface area contributed by atoms with E-state index in [1.165, 1.54) is 13.2 Å². The van der Waals surface area contributed by atoms with Gasteiger partial charge in [0, 0.05) is 12.1 Å². The second kappa shape index (κ2) is 2.44. The molecule has 0 atom stereocenters. The minimum absolute atomic E-state index is 0.148. The zero-order valence-electron chi connectivity index (χ0n) is 6.50. The maximum absolute atomic E-state index is 9.41. The highest BCUT2D eigenvalue weighted by molar-refractivity contribution is 5.84. The van der Waals surface area contributed by atoms with Gasteiger partial charge in [-0.15, -0.1) is 0 Å². The van der Waals surface area contributed by atoms with Crippen LogP contribution in [0.25, 0.3) is 11.0 Å². The molecule has 1 radical (unpaired) electrons. The van der Waals surface area contributed by atoms with Gasteiger partial charge in [0.05, 0.1) is 12.5 Å². The van der Waals surface area contributed by atoms with E-state index >= 15 is 0 Å². The van der Waals surface area contributed by atoms with Crippen LogP contribution in [0.3, 0.4) is 0 Å². The first-order valence-corrected chi connectivity index (χ1v) is 3.48. The fourth-order valence-electron chi connectivity index (χ4n) is 1.09. The largest absolute Gasteiger partial charge is 0.507 e. The summed E-state index contributed by atoms with van der Waals surface area (Å²) in [4.78, 5) is 0. The maximum Gasteiger partial charge on any atom is 0.170 e. The van der Waals surface area contributed by atoms with Crippen molar-refractivity contribution in [3.05, 3.63) is 24.5 Å². The van der Waals surface area contributed by atoms with E-state index in [2.05, 4.69) is 6.26 Å². The molecule has 0 fully saturated rings. The number of furan rings is 1. The monoisotopic (exact) mass is 163 g/mol. The highest BCUT2D eigenvalue weighted by Crippen LogP contribution is 2.30. The highest BCUT2D eigenvalue weighted by atomic mass is 16.5. The van der Waals surface area contributed by atoms with Crippen molar-refractivity contribution in [2.45, 2.75) is 0 Å². The van der Waals surface area contributed by atoms with Crippen LogP contribution in [0.5, 0.6) is 11.5 Å². The average molecular weight is 163 g/mol. The Bertz CT molecular complexity index is 403. The Morgan fingerprint density at radius 1 is 1.50 bits per heavy atom. The fraction of sp³-hybridized carbons (Fsp3) is 0.111. The smallest absolute Gasteiger partial charge is 0.170 e. The minimum Gasteiger partial charge on any atom is -0.507 e. The van der Waals surface area contributed by atoms with Crippen molar-refractivity contribution in [3.8, 4) is 11.5 Å². The minimum atomic E-state index is 0.148. The molecular weight excluding hydrogens is 156 g/mol. The summed E-state index contributed by atoms with van der Waals surface area (Å²) >= 11 is 0. The number of aromatic hydroxyl groups is 1. The Labute approximate surface area is 69.2 Å². The predicted molar refractivity (Wildman–Crippen MR) is 43.3 cm³/mol. The van der Waals surface area contributed by atoms with Crippen LogP contribution in [0.2, 0.25) is 0 Å². The molecular formula is C9H7O3. The van der Waals surface area contributed by atoms with E-state index in [1.54, 1.807) is 12.1 Å². The molecule has 1 aromatic carbocycles. The maximum atomic E-state index is 9.41. The van der Waals surface area contributed by atoms with Gasteiger partial charge in [0.15, 0.2) is 6.26 Å². The van der Waals surface area contributed by atoms with Crippen LogP contribution < -0.4 is 4.74 Å². The van der Waals surface area contributed by atoms with Crippen molar-refractivity contribution >= 4 is 11.0 Å². The van der Waals surface area contributed by atoms with Gasteiger partial charge in [0.2, 0.25) is 0 Å². The number of phenolic OH excluding ortho intramolecular Hbond substituents is 1. The molecule has 1 N–H and O–H groups in total. The number of hydrogen-bond acceptors (Lipinski definition) is 3. The molecule has 3 heteroatoms. The Morgan fingerprint density at radius 3 is 3.08 bits per heavy atom. The third kappa shape index (κ3) is 0.906. The van der Waals surface area contributed by atoms with Crippen LogP contribution in [0, 0.1) is 6.26 Å². The molecule has 1 heterocycles. The highest BCUT2D eigenvalue weighted by Gasteiger charge is 2.05. The average Bonchev–Trinajstić information content (AvgIpc) is 2.52. The lowest BCUT2D eigenvalue weighted by Gasteiger charge is -1.99. The zero-order valence-corrected chi connectivity index (χ0v) is 6.50.